The third-order valence-electron chi connectivity index (χ3n) is 4.15. The Bertz CT molecular complexity index is 868. The molecule has 0 atom stereocenters. The van der Waals surface area contributed by atoms with Crippen molar-refractivity contribution in [3.63, 3.8) is 0 Å². The first-order chi connectivity index (χ1) is 12.6. The molecular weight excluding hydrogens is 362 g/mol. The highest BCUT2D eigenvalue weighted by Gasteiger charge is 2.13. The number of amides is 2. The second-order valence-electron chi connectivity index (χ2n) is 7.41. The zero-order valence-corrected chi connectivity index (χ0v) is 17.0. The molecule has 2 aromatic carbocycles. The average molecular weight is 390 g/mol. The van der Waals surface area contributed by atoms with E-state index in [9.17, 15) is 13.2 Å². The molecule has 7 heteroatoms. The van der Waals surface area contributed by atoms with Gasteiger partial charge in [0.1, 0.15) is 0 Å². The number of nitrogens with one attached hydrogen (secondary N) is 3. The predicted octanol–water partition coefficient (Wildman–Crippen LogP) is 3.36. The third-order valence-corrected chi connectivity index (χ3v) is 5.49. The fraction of sp³-hybridized carbons (Fsp3) is 0.350. The van der Waals surface area contributed by atoms with Gasteiger partial charge in [-0.3, -0.25) is 0 Å². The van der Waals surface area contributed by atoms with E-state index in [1.54, 1.807) is 24.3 Å². The van der Waals surface area contributed by atoms with Crippen molar-refractivity contribution in [1.82, 2.24) is 10.0 Å². The summed E-state index contributed by atoms with van der Waals surface area (Å²) in [5.74, 6) is -0.0672. The molecule has 0 spiro atoms. The normalized spacial score (nSPS) is 11.9. The first-order valence-electron chi connectivity index (χ1n) is 8.73. The van der Waals surface area contributed by atoms with Crippen LogP contribution in [0.2, 0.25) is 0 Å². The van der Waals surface area contributed by atoms with E-state index in [-0.39, 0.29) is 17.2 Å². The lowest BCUT2D eigenvalue weighted by atomic mass is 9.87. The van der Waals surface area contributed by atoms with Gasteiger partial charge in [0.05, 0.1) is 5.75 Å². The van der Waals surface area contributed by atoms with E-state index >= 15 is 0 Å². The van der Waals surface area contributed by atoms with E-state index in [0.29, 0.717) is 12.1 Å². The lowest BCUT2D eigenvalue weighted by Crippen LogP contribution is -2.28. The van der Waals surface area contributed by atoms with Crippen LogP contribution in [0.15, 0.2) is 48.5 Å². The van der Waals surface area contributed by atoms with Crippen LogP contribution in [0.4, 0.5) is 10.5 Å². The monoisotopic (exact) mass is 389 g/mol. The molecule has 0 saturated heterocycles. The molecule has 6 nitrogen and oxygen atoms in total. The van der Waals surface area contributed by atoms with E-state index in [0.717, 1.165) is 11.3 Å². The van der Waals surface area contributed by atoms with Crippen LogP contribution < -0.4 is 15.4 Å². The molecule has 0 aromatic heterocycles. The van der Waals surface area contributed by atoms with Crippen LogP contribution in [-0.2, 0) is 27.7 Å². The quantitative estimate of drug-likeness (QED) is 0.708. The van der Waals surface area contributed by atoms with Gasteiger partial charge in [-0.2, -0.15) is 0 Å². The average Bonchev–Trinajstić information content (AvgIpc) is 2.60. The molecule has 0 heterocycles. The minimum Gasteiger partial charge on any atom is -0.334 e. The van der Waals surface area contributed by atoms with Crippen LogP contribution in [0, 0.1) is 0 Å². The van der Waals surface area contributed by atoms with Gasteiger partial charge in [0.2, 0.25) is 10.0 Å². The summed E-state index contributed by atoms with van der Waals surface area (Å²) in [6, 6.07) is 14.6. The van der Waals surface area contributed by atoms with Gasteiger partial charge in [-0.25, -0.2) is 17.9 Å². The Morgan fingerprint density at radius 1 is 0.926 bits per heavy atom. The number of sulfonamides is 1. The number of anilines is 1. The third kappa shape index (κ3) is 6.69. The summed E-state index contributed by atoms with van der Waals surface area (Å²) < 4.78 is 25.4. The largest absolute Gasteiger partial charge is 0.334 e. The SMILES string of the molecule is CNS(=O)(=O)Cc1ccc(CNC(=O)Nc2ccc(C(C)(C)C)cc2)cc1. The molecule has 0 fully saturated rings. The Labute approximate surface area is 161 Å². The van der Waals surface area contributed by atoms with Crippen molar-refractivity contribution in [3.05, 3.63) is 65.2 Å². The molecule has 0 unspecified atom stereocenters. The number of hydrogen-bond acceptors (Lipinski definition) is 3. The minimum atomic E-state index is -3.29. The van der Waals surface area contributed by atoms with Crippen LogP contribution in [0.1, 0.15) is 37.5 Å². The van der Waals surface area contributed by atoms with Gasteiger partial charge in [0, 0.05) is 12.2 Å². The predicted molar refractivity (Wildman–Crippen MR) is 109 cm³/mol. The van der Waals surface area contributed by atoms with Gasteiger partial charge >= 0.3 is 6.03 Å². The first kappa shape index (κ1) is 20.9. The number of hydrogen-bond donors (Lipinski definition) is 3. The lowest BCUT2D eigenvalue weighted by Gasteiger charge is -2.19. The molecular formula is C20H27N3O3S. The Hall–Kier alpha value is -2.38. The van der Waals surface area contributed by atoms with Crippen molar-refractivity contribution < 1.29 is 13.2 Å². The minimum absolute atomic E-state index is 0.0672. The second-order valence-corrected chi connectivity index (χ2v) is 9.34. The van der Waals surface area contributed by atoms with Crippen LogP contribution in [0.3, 0.4) is 0 Å². The van der Waals surface area contributed by atoms with E-state index in [4.69, 9.17) is 0 Å². The summed E-state index contributed by atoms with van der Waals surface area (Å²) in [6.45, 7) is 6.77. The molecule has 27 heavy (non-hydrogen) atoms. The molecule has 146 valence electrons. The lowest BCUT2D eigenvalue weighted by molar-refractivity contribution is 0.251. The number of carbonyl (C=O) groups excluding carboxylic acids is 1. The Morgan fingerprint density at radius 2 is 1.48 bits per heavy atom. The summed E-state index contributed by atoms with van der Waals surface area (Å²) in [6.07, 6.45) is 0. The highest BCUT2D eigenvalue weighted by Crippen LogP contribution is 2.23. The fourth-order valence-electron chi connectivity index (χ4n) is 2.46. The topological polar surface area (TPSA) is 87.3 Å². The highest BCUT2D eigenvalue weighted by molar-refractivity contribution is 7.88. The van der Waals surface area contributed by atoms with Crippen LogP contribution >= 0.6 is 0 Å². The number of carbonyl (C=O) groups is 1. The van der Waals surface area contributed by atoms with Crippen molar-refractivity contribution in [1.29, 1.82) is 0 Å². The molecule has 0 bridgehead atoms. The van der Waals surface area contributed by atoms with Crippen molar-refractivity contribution in [2.45, 2.75) is 38.5 Å². The summed E-state index contributed by atoms with van der Waals surface area (Å²) in [7, 11) is -1.90. The molecule has 2 amide bonds. The van der Waals surface area contributed by atoms with Gasteiger partial charge in [0.25, 0.3) is 0 Å². The van der Waals surface area contributed by atoms with E-state index in [2.05, 4.69) is 36.1 Å². The standard InChI is InChI=1S/C20H27N3O3S/c1-20(2,3)17-9-11-18(12-10-17)23-19(24)22-13-15-5-7-16(8-6-15)14-27(25,26)21-4/h5-12,21H,13-14H2,1-4H3,(H2,22,23,24). The molecule has 0 saturated carbocycles. The molecule has 0 aliphatic rings. The molecule has 0 aliphatic heterocycles. The van der Waals surface area contributed by atoms with E-state index < -0.39 is 10.0 Å². The van der Waals surface area contributed by atoms with E-state index in [1.807, 2.05) is 24.3 Å². The first-order valence-corrected chi connectivity index (χ1v) is 10.4. The van der Waals surface area contributed by atoms with Gasteiger partial charge in [-0.15, -0.1) is 0 Å². The fourth-order valence-corrected chi connectivity index (χ4v) is 3.23. The van der Waals surface area contributed by atoms with Crippen LogP contribution in [-0.4, -0.2) is 21.5 Å². The van der Waals surface area contributed by atoms with E-state index in [1.165, 1.54) is 12.6 Å². The zero-order valence-electron chi connectivity index (χ0n) is 16.2. The van der Waals surface area contributed by atoms with Crippen molar-refractivity contribution >= 4 is 21.7 Å². The maximum absolute atomic E-state index is 12.1. The Morgan fingerprint density at radius 3 is 2.00 bits per heavy atom. The zero-order chi connectivity index (χ0) is 20.1. The second kappa shape index (κ2) is 8.54. The molecule has 0 radical (unpaired) electrons. The van der Waals surface area contributed by atoms with Gasteiger partial charge < -0.3 is 10.6 Å². The summed E-state index contributed by atoms with van der Waals surface area (Å²) in [4.78, 5) is 12.1. The smallest absolute Gasteiger partial charge is 0.319 e. The van der Waals surface area contributed by atoms with Gasteiger partial charge in [-0.1, -0.05) is 57.2 Å². The van der Waals surface area contributed by atoms with Crippen LogP contribution in [0.5, 0.6) is 0 Å². The molecule has 3 N–H and O–H groups in total. The Balaban J connectivity index is 1.86. The molecule has 0 aliphatic carbocycles. The molecule has 2 aromatic rings. The summed E-state index contributed by atoms with van der Waals surface area (Å²) in [5.41, 5.74) is 3.58. The van der Waals surface area contributed by atoms with Crippen molar-refractivity contribution in [2.75, 3.05) is 12.4 Å². The maximum Gasteiger partial charge on any atom is 0.319 e. The van der Waals surface area contributed by atoms with Gasteiger partial charge in [0.15, 0.2) is 0 Å². The summed E-state index contributed by atoms with van der Waals surface area (Å²) in [5, 5.41) is 5.59. The van der Waals surface area contributed by atoms with Gasteiger partial charge in [-0.05, 0) is 41.3 Å². The van der Waals surface area contributed by atoms with Crippen molar-refractivity contribution in [3.8, 4) is 0 Å². The van der Waals surface area contributed by atoms with Crippen LogP contribution in [0.25, 0.3) is 0 Å². The Kier molecular flexibility index (Phi) is 6.62. The highest BCUT2D eigenvalue weighted by atomic mass is 32.2. The van der Waals surface area contributed by atoms with Crippen molar-refractivity contribution in [2.24, 2.45) is 0 Å². The number of benzene rings is 2. The summed E-state index contributed by atoms with van der Waals surface area (Å²) >= 11 is 0. The molecule has 2 rings (SSSR count). The maximum atomic E-state index is 12.1. The number of rotatable bonds is 6. The number of urea groups is 1.